The molecule has 0 bridgehead atoms. The van der Waals surface area contributed by atoms with E-state index in [0.717, 1.165) is 36.3 Å². The van der Waals surface area contributed by atoms with Crippen molar-refractivity contribution in [1.29, 1.82) is 0 Å². The fourth-order valence-electron chi connectivity index (χ4n) is 4.43. The molecule has 1 saturated heterocycles. The van der Waals surface area contributed by atoms with Gasteiger partial charge < -0.3 is 9.80 Å². The standard InChI is InChI=1S/C24H28N2O2/c1-24(2,3)19-11-5-7-13-21(19)26-16-18(15-22(26)27)23(28)25-14-8-10-17-9-4-6-12-20(17)25/h4-7,9,11-13,18H,8,10,14-16H2,1-3H3. The van der Waals surface area contributed by atoms with Gasteiger partial charge in [-0.2, -0.15) is 0 Å². The van der Waals surface area contributed by atoms with Crippen molar-refractivity contribution in [2.45, 2.75) is 45.4 Å². The molecule has 2 aromatic rings. The van der Waals surface area contributed by atoms with Crippen molar-refractivity contribution in [3.8, 4) is 0 Å². The molecule has 1 atom stereocenters. The average molecular weight is 377 g/mol. The molecule has 0 saturated carbocycles. The summed E-state index contributed by atoms with van der Waals surface area (Å²) in [5.41, 5.74) is 4.25. The number of anilines is 2. The van der Waals surface area contributed by atoms with Crippen molar-refractivity contribution in [3.63, 3.8) is 0 Å². The number of para-hydroxylation sites is 2. The number of hydrogen-bond acceptors (Lipinski definition) is 2. The van der Waals surface area contributed by atoms with Gasteiger partial charge >= 0.3 is 0 Å². The van der Waals surface area contributed by atoms with Gasteiger partial charge in [0.05, 0.1) is 5.92 Å². The topological polar surface area (TPSA) is 40.6 Å². The summed E-state index contributed by atoms with van der Waals surface area (Å²) in [7, 11) is 0. The fraction of sp³-hybridized carbons (Fsp3) is 0.417. The Hall–Kier alpha value is -2.62. The van der Waals surface area contributed by atoms with E-state index in [2.05, 4.69) is 32.9 Å². The first-order valence-electron chi connectivity index (χ1n) is 10.2. The summed E-state index contributed by atoms with van der Waals surface area (Å²) in [4.78, 5) is 29.9. The Morgan fingerprint density at radius 1 is 1.00 bits per heavy atom. The predicted molar refractivity (Wildman–Crippen MR) is 113 cm³/mol. The van der Waals surface area contributed by atoms with Crippen LogP contribution in [0.2, 0.25) is 0 Å². The number of amides is 2. The lowest BCUT2D eigenvalue weighted by Crippen LogP contribution is -2.40. The minimum atomic E-state index is -0.285. The Kier molecular flexibility index (Phi) is 4.74. The third-order valence-electron chi connectivity index (χ3n) is 5.85. The molecule has 0 N–H and O–H groups in total. The van der Waals surface area contributed by atoms with Gasteiger partial charge in [-0.3, -0.25) is 9.59 Å². The molecule has 4 rings (SSSR count). The lowest BCUT2D eigenvalue weighted by molar-refractivity contribution is -0.124. The Bertz CT molecular complexity index is 913. The van der Waals surface area contributed by atoms with Crippen LogP contribution in [0.25, 0.3) is 0 Å². The number of aryl methyl sites for hydroxylation is 1. The molecule has 1 fully saturated rings. The van der Waals surface area contributed by atoms with Crippen molar-refractivity contribution >= 4 is 23.2 Å². The zero-order chi connectivity index (χ0) is 19.9. The third-order valence-corrected chi connectivity index (χ3v) is 5.85. The van der Waals surface area contributed by atoms with E-state index in [1.54, 1.807) is 0 Å². The van der Waals surface area contributed by atoms with Gasteiger partial charge in [-0.1, -0.05) is 57.2 Å². The third kappa shape index (κ3) is 3.32. The molecule has 0 radical (unpaired) electrons. The molecule has 0 aromatic heterocycles. The molecule has 4 heteroatoms. The van der Waals surface area contributed by atoms with Crippen LogP contribution in [0.15, 0.2) is 48.5 Å². The fourth-order valence-corrected chi connectivity index (χ4v) is 4.43. The van der Waals surface area contributed by atoms with Crippen LogP contribution in [0.1, 0.15) is 44.7 Å². The van der Waals surface area contributed by atoms with E-state index in [9.17, 15) is 9.59 Å². The highest BCUT2D eigenvalue weighted by molar-refractivity contribution is 6.05. The number of nitrogens with zero attached hydrogens (tertiary/aromatic N) is 2. The molecule has 2 heterocycles. The summed E-state index contributed by atoms with van der Waals surface area (Å²) in [5, 5.41) is 0. The second-order valence-corrected chi connectivity index (χ2v) is 8.89. The lowest BCUT2D eigenvalue weighted by Gasteiger charge is -2.31. The van der Waals surface area contributed by atoms with Crippen molar-refractivity contribution in [3.05, 3.63) is 59.7 Å². The van der Waals surface area contributed by atoms with Crippen LogP contribution in [0.4, 0.5) is 11.4 Å². The number of carbonyl (C=O) groups excluding carboxylic acids is 2. The van der Waals surface area contributed by atoms with Crippen molar-refractivity contribution < 1.29 is 9.59 Å². The molecule has 146 valence electrons. The van der Waals surface area contributed by atoms with Crippen LogP contribution in [0, 0.1) is 5.92 Å². The Balaban J connectivity index is 1.59. The monoisotopic (exact) mass is 376 g/mol. The first-order chi connectivity index (χ1) is 13.4. The molecule has 2 aromatic carbocycles. The van der Waals surface area contributed by atoms with Crippen LogP contribution >= 0.6 is 0 Å². The maximum absolute atomic E-state index is 13.3. The molecule has 0 spiro atoms. The maximum Gasteiger partial charge on any atom is 0.232 e. The van der Waals surface area contributed by atoms with Crippen LogP contribution in [-0.2, 0) is 21.4 Å². The van der Waals surface area contributed by atoms with Gasteiger partial charge in [-0.15, -0.1) is 0 Å². The summed E-state index contributed by atoms with van der Waals surface area (Å²) in [6.45, 7) is 7.65. The van der Waals surface area contributed by atoms with E-state index in [1.165, 1.54) is 5.56 Å². The SMILES string of the molecule is CC(C)(C)c1ccccc1N1CC(C(=O)N2CCCc3ccccc32)CC1=O. The Morgan fingerprint density at radius 3 is 2.43 bits per heavy atom. The second kappa shape index (κ2) is 7.08. The van der Waals surface area contributed by atoms with Crippen molar-refractivity contribution in [2.75, 3.05) is 22.9 Å². The van der Waals surface area contributed by atoms with E-state index in [0.29, 0.717) is 6.54 Å². The first-order valence-corrected chi connectivity index (χ1v) is 10.2. The van der Waals surface area contributed by atoms with E-state index in [-0.39, 0.29) is 29.6 Å². The van der Waals surface area contributed by atoms with Gasteiger partial charge in [0.25, 0.3) is 0 Å². The van der Waals surface area contributed by atoms with Crippen molar-refractivity contribution in [1.82, 2.24) is 0 Å². The molecule has 28 heavy (non-hydrogen) atoms. The normalized spacial score (nSPS) is 19.7. The minimum absolute atomic E-state index is 0.0420. The molecule has 2 aliphatic heterocycles. The van der Waals surface area contributed by atoms with Gasteiger partial charge in [-0.05, 0) is 41.5 Å². The zero-order valence-corrected chi connectivity index (χ0v) is 16.9. The minimum Gasteiger partial charge on any atom is -0.312 e. The highest BCUT2D eigenvalue weighted by Gasteiger charge is 2.39. The predicted octanol–water partition coefficient (Wildman–Crippen LogP) is 4.32. The van der Waals surface area contributed by atoms with Crippen LogP contribution in [0.3, 0.4) is 0 Å². The number of fused-ring (bicyclic) bond motifs is 1. The molecule has 1 unspecified atom stereocenters. The summed E-state index contributed by atoms with van der Waals surface area (Å²) in [6, 6.07) is 16.2. The Morgan fingerprint density at radius 2 is 1.68 bits per heavy atom. The molecule has 2 amide bonds. The smallest absolute Gasteiger partial charge is 0.232 e. The molecule has 4 nitrogen and oxygen atoms in total. The van der Waals surface area contributed by atoms with Crippen molar-refractivity contribution in [2.24, 2.45) is 5.92 Å². The first kappa shape index (κ1) is 18.7. The highest BCUT2D eigenvalue weighted by Crippen LogP contribution is 2.36. The number of hydrogen-bond donors (Lipinski definition) is 0. The summed E-state index contributed by atoms with van der Waals surface area (Å²) < 4.78 is 0. The lowest BCUT2D eigenvalue weighted by atomic mass is 9.85. The molecule has 2 aliphatic rings. The van der Waals surface area contributed by atoms with Gasteiger partial charge in [-0.25, -0.2) is 0 Å². The van der Waals surface area contributed by atoms with Crippen LogP contribution in [-0.4, -0.2) is 24.9 Å². The van der Waals surface area contributed by atoms with Gasteiger partial charge in [0.2, 0.25) is 11.8 Å². The van der Waals surface area contributed by atoms with E-state index in [4.69, 9.17) is 0 Å². The number of benzene rings is 2. The average Bonchev–Trinajstić information content (AvgIpc) is 3.08. The number of rotatable bonds is 2. The van der Waals surface area contributed by atoms with Crippen LogP contribution < -0.4 is 9.80 Å². The van der Waals surface area contributed by atoms with Gasteiger partial charge in [0, 0.05) is 30.9 Å². The quantitative estimate of drug-likeness (QED) is 0.783. The number of carbonyl (C=O) groups is 2. The van der Waals surface area contributed by atoms with Gasteiger partial charge in [0.1, 0.15) is 0 Å². The van der Waals surface area contributed by atoms with E-state index < -0.39 is 0 Å². The van der Waals surface area contributed by atoms with E-state index in [1.807, 2.05) is 46.2 Å². The summed E-state index contributed by atoms with van der Waals surface area (Å²) in [6.07, 6.45) is 2.27. The Labute approximate surface area is 167 Å². The van der Waals surface area contributed by atoms with E-state index >= 15 is 0 Å². The van der Waals surface area contributed by atoms with Crippen LogP contribution in [0.5, 0.6) is 0 Å². The molecule has 0 aliphatic carbocycles. The molecular weight excluding hydrogens is 348 g/mol. The largest absolute Gasteiger partial charge is 0.312 e. The second-order valence-electron chi connectivity index (χ2n) is 8.89. The molecular formula is C24H28N2O2. The zero-order valence-electron chi connectivity index (χ0n) is 16.9. The highest BCUT2D eigenvalue weighted by atomic mass is 16.2. The van der Waals surface area contributed by atoms with Gasteiger partial charge in [0.15, 0.2) is 0 Å². The maximum atomic E-state index is 13.3. The summed E-state index contributed by atoms with van der Waals surface area (Å²) in [5.74, 6) is -0.164. The summed E-state index contributed by atoms with van der Waals surface area (Å²) >= 11 is 0.